The third kappa shape index (κ3) is 2.70. The number of alkyl halides is 2. The maximum atomic E-state index is 12.2. The highest BCUT2D eigenvalue weighted by Crippen LogP contribution is 2.10. The van der Waals surface area contributed by atoms with Gasteiger partial charge in [0.15, 0.2) is 11.2 Å². The molecule has 2 aromatic heterocycles. The predicted octanol–water partition coefficient (Wildman–Crippen LogP) is 1.22. The van der Waals surface area contributed by atoms with Crippen LogP contribution in [0.5, 0.6) is 0 Å². The minimum atomic E-state index is -2.59. The number of ether oxygens (including phenoxy) is 1. The molecule has 0 saturated heterocycles. The van der Waals surface area contributed by atoms with Crippen LogP contribution in [0.3, 0.4) is 0 Å². The lowest BCUT2D eigenvalue weighted by Crippen LogP contribution is -2.23. The van der Waals surface area contributed by atoms with Gasteiger partial charge in [-0.15, -0.1) is 5.10 Å². The first kappa shape index (κ1) is 14.3. The zero-order valence-electron chi connectivity index (χ0n) is 11.3. The van der Waals surface area contributed by atoms with Crippen LogP contribution in [-0.2, 0) is 11.5 Å². The van der Waals surface area contributed by atoms with Gasteiger partial charge in [0.2, 0.25) is 0 Å². The fourth-order valence-electron chi connectivity index (χ4n) is 1.92. The van der Waals surface area contributed by atoms with Crippen LogP contribution in [-0.4, -0.2) is 37.6 Å². The zero-order valence-corrected chi connectivity index (χ0v) is 11.3. The van der Waals surface area contributed by atoms with Crippen LogP contribution in [0.25, 0.3) is 16.9 Å². The first-order valence-electron chi connectivity index (χ1n) is 6.39. The lowest BCUT2D eigenvalue weighted by Gasteiger charge is -2.06. The van der Waals surface area contributed by atoms with E-state index in [0.29, 0.717) is 11.3 Å². The molecule has 0 bridgehead atoms. The van der Waals surface area contributed by atoms with E-state index in [9.17, 15) is 13.6 Å². The van der Waals surface area contributed by atoms with Gasteiger partial charge in [0, 0.05) is 0 Å². The highest BCUT2D eigenvalue weighted by atomic mass is 19.3. The molecule has 0 saturated carbocycles. The van der Waals surface area contributed by atoms with Crippen LogP contribution in [0, 0.1) is 0 Å². The molecule has 1 aromatic carbocycles. The van der Waals surface area contributed by atoms with E-state index < -0.39 is 18.6 Å². The summed E-state index contributed by atoms with van der Waals surface area (Å²) >= 11 is 0. The Morgan fingerprint density at radius 2 is 2.00 bits per heavy atom. The van der Waals surface area contributed by atoms with E-state index in [1.165, 1.54) is 11.0 Å². The van der Waals surface area contributed by atoms with Crippen LogP contribution < -0.4 is 5.56 Å². The second-order valence-electron chi connectivity index (χ2n) is 4.42. The largest absolute Gasteiger partial charge is 0.355 e. The number of halogens is 2. The molecule has 7 nitrogen and oxygen atoms in total. The number of hydrogen-bond acceptors (Lipinski definition) is 5. The Morgan fingerprint density at radius 1 is 1.23 bits per heavy atom. The van der Waals surface area contributed by atoms with Crippen molar-refractivity contribution in [2.45, 2.75) is 13.2 Å². The highest BCUT2D eigenvalue weighted by Gasteiger charge is 2.13. The van der Waals surface area contributed by atoms with E-state index in [1.807, 2.05) is 18.2 Å². The Balaban J connectivity index is 1.95. The van der Waals surface area contributed by atoms with Crippen LogP contribution in [0.4, 0.5) is 8.78 Å². The molecule has 3 aromatic rings. The lowest BCUT2D eigenvalue weighted by molar-refractivity contribution is -0.0121. The molecule has 22 heavy (non-hydrogen) atoms. The first-order chi connectivity index (χ1) is 10.7. The maximum absolute atomic E-state index is 12.2. The van der Waals surface area contributed by atoms with Gasteiger partial charge in [-0.3, -0.25) is 9.36 Å². The van der Waals surface area contributed by atoms with Gasteiger partial charge in [-0.2, -0.15) is 4.68 Å². The van der Waals surface area contributed by atoms with Crippen molar-refractivity contribution in [2.75, 3.05) is 6.61 Å². The van der Waals surface area contributed by atoms with Gasteiger partial charge in [0.1, 0.15) is 19.7 Å². The van der Waals surface area contributed by atoms with Crippen LogP contribution in [0.15, 0.2) is 41.5 Å². The van der Waals surface area contributed by atoms with Crippen molar-refractivity contribution in [1.82, 2.24) is 24.5 Å². The molecule has 114 valence electrons. The molecule has 3 rings (SSSR count). The van der Waals surface area contributed by atoms with Crippen LogP contribution in [0.1, 0.15) is 0 Å². The van der Waals surface area contributed by atoms with Crippen molar-refractivity contribution >= 4 is 11.2 Å². The van der Waals surface area contributed by atoms with E-state index in [-0.39, 0.29) is 12.2 Å². The Bertz CT molecular complexity index is 831. The molecule has 0 aliphatic carbocycles. The lowest BCUT2D eigenvalue weighted by atomic mass is 10.3. The highest BCUT2D eigenvalue weighted by molar-refractivity contribution is 5.70. The van der Waals surface area contributed by atoms with Gasteiger partial charge < -0.3 is 4.74 Å². The fraction of sp³-hybridized carbons (Fsp3) is 0.231. The molecule has 0 N–H and O–H groups in total. The van der Waals surface area contributed by atoms with Gasteiger partial charge in [0.05, 0.1) is 5.69 Å². The Morgan fingerprint density at radius 3 is 2.73 bits per heavy atom. The predicted molar refractivity (Wildman–Crippen MR) is 72.9 cm³/mol. The van der Waals surface area contributed by atoms with Crippen molar-refractivity contribution in [3.63, 3.8) is 0 Å². The summed E-state index contributed by atoms with van der Waals surface area (Å²) in [5.74, 6) is 0. The van der Waals surface area contributed by atoms with E-state index in [4.69, 9.17) is 4.74 Å². The molecule has 0 unspecified atom stereocenters. The van der Waals surface area contributed by atoms with Gasteiger partial charge in [-0.05, 0) is 12.1 Å². The second-order valence-corrected chi connectivity index (χ2v) is 4.42. The summed E-state index contributed by atoms with van der Waals surface area (Å²) in [7, 11) is 0. The quantitative estimate of drug-likeness (QED) is 0.708. The van der Waals surface area contributed by atoms with Crippen molar-refractivity contribution in [1.29, 1.82) is 0 Å². The summed E-state index contributed by atoms with van der Waals surface area (Å²) in [6.07, 6.45) is -1.37. The summed E-state index contributed by atoms with van der Waals surface area (Å²) in [5.41, 5.74) is 0.554. The SMILES string of the molecule is O=c1c2nnn(-c3ccccc3)c2ncn1COCC(F)F. The normalized spacial score (nSPS) is 11.4. The second kappa shape index (κ2) is 5.98. The monoisotopic (exact) mass is 307 g/mol. The maximum Gasteiger partial charge on any atom is 0.285 e. The molecule has 2 heterocycles. The van der Waals surface area contributed by atoms with E-state index in [0.717, 1.165) is 4.57 Å². The number of para-hydroxylation sites is 1. The molecule has 0 aliphatic rings. The van der Waals surface area contributed by atoms with E-state index in [1.54, 1.807) is 12.1 Å². The third-order valence-corrected chi connectivity index (χ3v) is 2.90. The molecule has 0 radical (unpaired) electrons. The van der Waals surface area contributed by atoms with Crippen molar-refractivity contribution in [2.24, 2.45) is 0 Å². The smallest absolute Gasteiger partial charge is 0.285 e. The average Bonchev–Trinajstić information content (AvgIpc) is 2.95. The number of hydrogen-bond donors (Lipinski definition) is 0. The van der Waals surface area contributed by atoms with E-state index in [2.05, 4.69) is 15.3 Å². The Hall–Kier alpha value is -2.68. The number of benzene rings is 1. The van der Waals surface area contributed by atoms with Crippen molar-refractivity contribution in [3.05, 3.63) is 47.0 Å². The summed E-state index contributed by atoms with van der Waals surface area (Å²) in [6, 6.07) is 9.09. The van der Waals surface area contributed by atoms with Gasteiger partial charge in [0.25, 0.3) is 12.0 Å². The molecule has 0 atom stereocenters. The van der Waals surface area contributed by atoms with Crippen LogP contribution >= 0.6 is 0 Å². The summed E-state index contributed by atoms with van der Waals surface area (Å²) in [6.45, 7) is -1.06. The van der Waals surface area contributed by atoms with Gasteiger partial charge in [-0.1, -0.05) is 23.4 Å². The molecular weight excluding hydrogens is 296 g/mol. The minimum absolute atomic E-state index is 0.0481. The third-order valence-electron chi connectivity index (χ3n) is 2.90. The summed E-state index contributed by atoms with van der Waals surface area (Å²) in [4.78, 5) is 16.3. The molecular formula is C13H11F2N5O2. The average molecular weight is 307 g/mol. The number of nitrogens with zero attached hydrogens (tertiary/aromatic N) is 5. The molecule has 0 amide bonds. The Kier molecular flexibility index (Phi) is 3.88. The molecule has 0 fully saturated rings. The zero-order chi connectivity index (χ0) is 15.5. The summed E-state index contributed by atoms with van der Waals surface area (Å²) in [5, 5.41) is 7.72. The summed E-state index contributed by atoms with van der Waals surface area (Å²) < 4.78 is 31.3. The van der Waals surface area contributed by atoms with Crippen molar-refractivity contribution < 1.29 is 13.5 Å². The number of rotatable bonds is 5. The fourth-order valence-corrected chi connectivity index (χ4v) is 1.92. The van der Waals surface area contributed by atoms with Gasteiger partial charge >= 0.3 is 0 Å². The minimum Gasteiger partial charge on any atom is -0.355 e. The van der Waals surface area contributed by atoms with E-state index >= 15 is 0 Å². The number of fused-ring (bicyclic) bond motifs is 1. The molecule has 0 spiro atoms. The Labute approximate surface area is 122 Å². The molecule has 0 aliphatic heterocycles. The molecule has 9 heteroatoms. The number of aromatic nitrogens is 5. The first-order valence-corrected chi connectivity index (χ1v) is 6.39. The van der Waals surface area contributed by atoms with Crippen LogP contribution in [0.2, 0.25) is 0 Å². The van der Waals surface area contributed by atoms with Crippen molar-refractivity contribution in [3.8, 4) is 5.69 Å². The standard InChI is InChI=1S/C13H11F2N5O2/c14-10(15)6-22-8-19-7-16-12-11(13(19)21)17-18-20(12)9-4-2-1-3-5-9/h1-5,7,10H,6,8H2. The van der Waals surface area contributed by atoms with Gasteiger partial charge in [-0.25, -0.2) is 13.8 Å². The topological polar surface area (TPSA) is 74.8 Å².